The highest BCUT2D eigenvalue weighted by molar-refractivity contribution is 6.75. The monoisotopic (exact) mass is 204 g/mol. The van der Waals surface area contributed by atoms with Crippen molar-refractivity contribution in [3.05, 3.63) is 0 Å². The number of hydrogen-bond acceptors (Lipinski definition) is 6. The van der Waals surface area contributed by atoms with Crippen LogP contribution in [0.3, 0.4) is 0 Å². The van der Waals surface area contributed by atoms with Crippen molar-refractivity contribution in [2.24, 2.45) is 0 Å². The lowest BCUT2D eigenvalue weighted by Gasteiger charge is -1.97. The molecule has 0 heterocycles. The van der Waals surface area contributed by atoms with E-state index >= 15 is 0 Å². The lowest BCUT2D eigenvalue weighted by Crippen LogP contribution is -2.32. The van der Waals surface area contributed by atoms with Gasteiger partial charge in [-0.25, -0.2) is 14.4 Å². The number of carboxylic acid groups (broad SMARTS) is 2. The van der Waals surface area contributed by atoms with E-state index in [1.807, 2.05) is 0 Å². The van der Waals surface area contributed by atoms with Gasteiger partial charge in [-0.15, -0.1) is 0 Å². The summed E-state index contributed by atoms with van der Waals surface area (Å²) in [5.41, 5.74) is 0. The Bertz CT molecular complexity index is 314. The Kier molecular flexibility index (Phi) is 3.94. The fourth-order valence-electron chi connectivity index (χ4n) is 0.383. The SMILES string of the molecule is O=C(O)COC(=O)C(=O)C(=O)C(=O)O. The number of rotatable bonds is 5. The first kappa shape index (κ1) is 11.8. The summed E-state index contributed by atoms with van der Waals surface area (Å²) in [5.74, 6) is -9.34. The van der Waals surface area contributed by atoms with Crippen LogP contribution in [0.4, 0.5) is 0 Å². The van der Waals surface area contributed by atoms with Gasteiger partial charge in [-0.1, -0.05) is 0 Å². The smallest absolute Gasteiger partial charge is 0.384 e. The molecule has 0 unspecified atom stereocenters. The number of Topliss-reactive ketones (excluding diaryl/α,β-unsaturated/α-hetero) is 2. The molecule has 0 aliphatic carbocycles. The second-order valence-corrected chi connectivity index (χ2v) is 1.93. The Morgan fingerprint density at radius 1 is 0.929 bits per heavy atom. The van der Waals surface area contributed by atoms with Crippen molar-refractivity contribution in [2.75, 3.05) is 6.61 Å². The van der Waals surface area contributed by atoms with Gasteiger partial charge in [-0.3, -0.25) is 9.59 Å². The zero-order chi connectivity index (χ0) is 11.3. The number of aliphatic carboxylic acids is 2. The van der Waals surface area contributed by atoms with Gasteiger partial charge in [0.15, 0.2) is 6.61 Å². The molecule has 0 spiro atoms. The molecule has 2 N–H and O–H groups in total. The van der Waals surface area contributed by atoms with Crippen molar-refractivity contribution >= 4 is 29.5 Å². The van der Waals surface area contributed by atoms with Crippen LogP contribution in [-0.2, 0) is 28.7 Å². The van der Waals surface area contributed by atoms with E-state index in [-0.39, 0.29) is 0 Å². The normalized spacial score (nSPS) is 8.86. The highest BCUT2D eigenvalue weighted by Crippen LogP contribution is 1.85. The van der Waals surface area contributed by atoms with Crippen LogP contribution in [0.25, 0.3) is 0 Å². The molecule has 8 nitrogen and oxygen atoms in total. The van der Waals surface area contributed by atoms with E-state index in [9.17, 15) is 24.0 Å². The van der Waals surface area contributed by atoms with E-state index < -0.39 is 36.1 Å². The Balaban J connectivity index is 4.27. The molecule has 0 aromatic rings. The molecule has 0 bridgehead atoms. The summed E-state index contributed by atoms with van der Waals surface area (Å²) in [6.45, 7) is -1.11. The number of hydrogen-bond donors (Lipinski definition) is 2. The maximum absolute atomic E-state index is 10.5. The van der Waals surface area contributed by atoms with Gasteiger partial charge < -0.3 is 14.9 Å². The molecule has 0 aromatic heterocycles. The quantitative estimate of drug-likeness (QED) is 0.293. The lowest BCUT2D eigenvalue weighted by atomic mass is 10.3. The van der Waals surface area contributed by atoms with Crippen LogP contribution in [0.2, 0.25) is 0 Å². The molecule has 76 valence electrons. The van der Waals surface area contributed by atoms with Crippen molar-refractivity contribution in [3.8, 4) is 0 Å². The van der Waals surface area contributed by atoms with Gasteiger partial charge in [0.1, 0.15) is 0 Å². The van der Waals surface area contributed by atoms with Crippen molar-refractivity contribution in [1.82, 2.24) is 0 Å². The summed E-state index contributed by atoms with van der Waals surface area (Å²) in [6.07, 6.45) is 0. The second kappa shape index (κ2) is 4.70. The fourth-order valence-corrected chi connectivity index (χ4v) is 0.383. The van der Waals surface area contributed by atoms with Gasteiger partial charge in [-0.2, -0.15) is 0 Å². The van der Waals surface area contributed by atoms with E-state index in [1.54, 1.807) is 0 Å². The lowest BCUT2D eigenvalue weighted by molar-refractivity contribution is -0.164. The molecule has 0 aliphatic heterocycles. The molecule has 8 heteroatoms. The van der Waals surface area contributed by atoms with Crippen LogP contribution in [0.5, 0.6) is 0 Å². The van der Waals surface area contributed by atoms with Gasteiger partial charge in [0, 0.05) is 0 Å². The number of carboxylic acids is 2. The Hall–Kier alpha value is -2.25. The highest BCUT2D eigenvalue weighted by Gasteiger charge is 2.30. The number of ketones is 2. The molecule has 0 saturated carbocycles. The van der Waals surface area contributed by atoms with Gasteiger partial charge >= 0.3 is 29.5 Å². The van der Waals surface area contributed by atoms with Crippen LogP contribution < -0.4 is 0 Å². The van der Waals surface area contributed by atoms with Crippen molar-refractivity contribution in [3.63, 3.8) is 0 Å². The first-order valence-electron chi connectivity index (χ1n) is 3.06. The van der Waals surface area contributed by atoms with E-state index in [0.29, 0.717) is 0 Å². The third-order valence-electron chi connectivity index (χ3n) is 0.913. The average Bonchev–Trinajstić information content (AvgIpc) is 2.11. The van der Waals surface area contributed by atoms with Crippen LogP contribution in [0.15, 0.2) is 0 Å². The van der Waals surface area contributed by atoms with E-state index in [2.05, 4.69) is 4.74 Å². The third-order valence-corrected chi connectivity index (χ3v) is 0.913. The summed E-state index contributed by atoms with van der Waals surface area (Å²) >= 11 is 0. The minimum atomic E-state index is -2.11. The topological polar surface area (TPSA) is 135 Å². The molecular formula is C6H4O8. The standard InChI is InChI=1S/C6H4O8/c7-2(8)1-14-6(13)4(10)3(9)5(11)12/h1H2,(H,7,8)(H,11,12). The number of esters is 1. The molecule has 14 heavy (non-hydrogen) atoms. The zero-order valence-corrected chi connectivity index (χ0v) is 6.55. The maximum Gasteiger partial charge on any atom is 0.384 e. The first-order chi connectivity index (χ1) is 6.36. The van der Waals surface area contributed by atoms with Crippen molar-refractivity contribution in [2.45, 2.75) is 0 Å². The summed E-state index contributed by atoms with van der Waals surface area (Å²) in [4.78, 5) is 51.0. The zero-order valence-electron chi connectivity index (χ0n) is 6.55. The third kappa shape index (κ3) is 3.43. The second-order valence-electron chi connectivity index (χ2n) is 1.93. The van der Waals surface area contributed by atoms with Gasteiger partial charge in [0.2, 0.25) is 0 Å². The number of carbonyl (C=O) groups is 5. The predicted octanol–water partition coefficient (Wildman–Crippen LogP) is -2.16. The Labute approximate surface area is 76.1 Å². The highest BCUT2D eigenvalue weighted by atomic mass is 16.6. The van der Waals surface area contributed by atoms with E-state index in [1.165, 1.54) is 0 Å². The fraction of sp³-hybridized carbons (Fsp3) is 0.167. The predicted molar refractivity (Wildman–Crippen MR) is 36.2 cm³/mol. The van der Waals surface area contributed by atoms with E-state index in [4.69, 9.17) is 10.2 Å². The number of ether oxygens (including phenoxy) is 1. The van der Waals surface area contributed by atoms with Gasteiger partial charge in [0.05, 0.1) is 0 Å². The molecule has 0 aliphatic rings. The van der Waals surface area contributed by atoms with Crippen molar-refractivity contribution in [1.29, 1.82) is 0 Å². The summed E-state index contributed by atoms with van der Waals surface area (Å²) in [5, 5.41) is 16.0. The summed E-state index contributed by atoms with van der Waals surface area (Å²) in [7, 11) is 0. The average molecular weight is 204 g/mol. The van der Waals surface area contributed by atoms with Crippen molar-refractivity contribution < 1.29 is 38.9 Å². The van der Waals surface area contributed by atoms with Crippen LogP contribution >= 0.6 is 0 Å². The summed E-state index contributed by atoms with van der Waals surface area (Å²) < 4.78 is 3.76. The van der Waals surface area contributed by atoms with Crippen LogP contribution in [0, 0.1) is 0 Å². The van der Waals surface area contributed by atoms with Crippen LogP contribution in [0.1, 0.15) is 0 Å². The molecule has 0 rings (SSSR count). The van der Waals surface area contributed by atoms with Gasteiger partial charge in [0.25, 0.3) is 0 Å². The molecule has 0 aromatic carbocycles. The molecule has 0 atom stereocenters. The maximum atomic E-state index is 10.5. The minimum absolute atomic E-state index is 1.11. The summed E-state index contributed by atoms with van der Waals surface area (Å²) in [6, 6.07) is 0. The largest absolute Gasteiger partial charge is 0.479 e. The molecule has 0 radical (unpaired) electrons. The molecule has 0 saturated heterocycles. The van der Waals surface area contributed by atoms with Crippen LogP contribution in [-0.4, -0.2) is 46.3 Å². The Morgan fingerprint density at radius 2 is 1.43 bits per heavy atom. The first-order valence-corrected chi connectivity index (χ1v) is 3.06. The molecule has 0 fully saturated rings. The molecular weight excluding hydrogens is 200 g/mol. The Morgan fingerprint density at radius 3 is 1.79 bits per heavy atom. The minimum Gasteiger partial charge on any atom is -0.479 e. The molecule has 0 amide bonds. The van der Waals surface area contributed by atoms with Gasteiger partial charge in [-0.05, 0) is 0 Å². The number of carbonyl (C=O) groups excluding carboxylic acids is 3. The van der Waals surface area contributed by atoms with E-state index in [0.717, 1.165) is 0 Å².